The van der Waals surface area contributed by atoms with Gasteiger partial charge in [0.1, 0.15) is 6.04 Å². The molecule has 160 valence electrons. The third kappa shape index (κ3) is 4.15. The van der Waals surface area contributed by atoms with Crippen molar-refractivity contribution in [2.75, 3.05) is 43.8 Å². The van der Waals surface area contributed by atoms with Crippen LogP contribution in [-0.4, -0.2) is 85.5 Å². The van der Waals surface area contributed by atoms with Crippen molar-refractivity contribution in [3.8, 4) is 11.6 Å². The van der Waals surface area contributed by atoms with Crippen molar-refractivity contribution in [1.29, 1.82) is 0 Å². The minimum absolute atomic E-state index is 0.0491. The molecule has 1 atom stereocenters. The molecule has 1 fully saturated rings. The number of fused-ring (bicyclic) bond motifs is 1. The molecule has 0 spiro atoms. The number of hydrogen-bond donors (Lipinski definition) is 2. The highest BCUT2D eigenvalue weighted by molar-refractivity contribution is 5.84. The van der Waals surface area contributed by atoms with Crippen LogP contribution in [0.1, 0.15) is 6.92 Å². The average molecular weight is 421 g/mol. The molecule has 13 heteroatoms. The van der Waals surface area contributed by atoms with Gasteiger partial charge in [-0.25, -0.2) is 8.78 Å². The minimum Gasteiger partial charge on any atom is -0.461 e. The molecule has 1 aliphatic rings. The minimum atomic E-state index is -2.38. The topological polar surface area (TPSA) is 131 Å². The summed E-state index contributed by atoms with van der Waals surface area (Å²) in [6, 6.07) is 2.78. The van der Waals surface area contributed by atoms with Crippen molar-refractivity contribution in [3.05, 3.63) is 18.4 Å². The Kier molecular flexibility index (Phi) is 5.44. The lowest BCUT2D eigenvalue weighted by Gasteiger charge is -2.35. The number of anilines is 2. The molecule has 4 rings (SSSR count). The van der Waals surface area contributed by atoms with Crippen LogP contribution in [0, 0.1) is 0 Å². The van der Waals surface area contributed by atoms with E-state index in [0.717, 1.165) is 0 Å². The fourth-order valence-corrected chi connectivity index (χ4v) is 3.26. The first-order chi connectivity index (χ1) is 14.4. The first-order valence-electron chi connectivity index (χ1n) is 9.40. The Morgan fingerprint density at radius 1 is 1.27 bits per heavy atom. The number of nitrogens with one attached hydrogen (secondary N) is 1. The molecule has 1 amide bonds. The zero-order valence-corrected chi connectivity index (χ0v) is 16.2. The zero-order valence-electron chi connectivity index (χ0n) is 16.2. The Labute approximate surface area is 169 Å². The molecule has 1 aliphatic heterocycles. The van der Waals surface area contributed by atoms with Crippen molar-refractivity contribution >= 4 is 23.6 Å². The molecule has 11 nitrogen and oxygen atoms in total. The van der Waals surface area contributed by atoms with Crippen molar-refractivity contribution in [2.24, 2.45) is 0 Å². The van der Waals surface area contributed by atoms with Gasteiger partial charge in [0.15, 0.2) is 5.76 Å². The van der Waals surface area contributed by atoms with E-state index in [9.17, 15) is 13.6 Å². The molecule has 4 heterocycles. The molecule has 1 saturated heterocycles. The molecule has 0 bridgehead atoms. The van der Waals surface area contributed by atoms with Crippen LogP contribution in [0.25, 0.3) is 17.4 Å². The number of carbonyl (C=O) groups excluding carboxylic acids is 1. The van der Waals surface area contributed by atoms with E-state index in [1.807, 2.05) is 0 Å². The zero-order chi connectivity index (χ0) is 21.3. The van der Waals surface area contributed by atoms with Crippen LogP contribution in [0.2, 0.25) is 0 Å². The van der Waals surface area contributed by atoms with E-state index >= 15 is 0 Å². The third-order valence-electron chi connectivity index (χ3n) is 4.77. The lowest BCUT2D eigenvalue weighted by molar-refractivity contribution is -0.133. The molecule has 3 aromatic heterocycles. The molecular weight excluding hydrogens is 400 g/mol. The largest absolute Gasteiger partial charge is 0.461 e. The van der Waals surface area contributed by atoms with Crippen molar-refractivity contribution < 1.29 is 18.0 Å². The van der Waals surface area contributed by atoms with Gasteiger partial charge in [-0.2, -0.15) is 19.5 Å². The number of carbonyl (C=O) groups is 1. The summed E-state index contributed by atoms with van der Waals surface area (Å²) in [4.78, 5) is 28.7. The summed E-state index contributed by atoms with van der Waals surface area (Å²) >= 11 is 0. The Hall–Kier alpha value is -3.35. The predicted octanol–water partition coefficient (Wildman–Crippen LogP) is 0.571. The quantitative estimate of drug-likeness (QED) is 0.586. The summed E-state index contributed by atoms with van der Waals surface area (Å²) in [5, 5.41) is 7.14. The van der Waals surface area contributed by atoms with E-state index in [-0.39, 0.29) is 30.1 Å². The van der Waals surface area contributed by atoms with E-state index < -0.39 is 12.5 Å². The highest BCUT2D eigenvalue weighted by Gasteiger charge is 2.26. The molecule has 0 aliphatic carbocycles. The molecule has 0 aromatic carbocycles. The molecule has 3 aromatic rings. The van der Waals surface area contributed by atoms with Crippen LogP contribution < -0.4 is 11.1 Å². The number of halogens is 2. The lowest BCUT2D eigenvalue weighted by atomic mass is 10.2. The number of nitrogens with two attached hydrogens (primary N) is 1. The SMILES string of the molecule is C[C@H](Nc1nc(N)n2nc(-c3ccco3)nc2n1)C(=O)N1CCN(CC(F)F)CC1. The number of piperazine rings is 1. The van der Waals surface area contributed by atoms with Gasteiger partial charge in [-0.3, -0.25) is 9.69 Å². The van der Waals surface area contributed by atoms with E-state index in [0.29, 0.717) is 37.8 Å². The number of nitrogens with zero attached hydrogens (tertiary/aromatic N) is 7. The number of rotatable bonds is 6. The monoisotopic (exact) mass is 421 g/mol. The second kappa shape index (κ2) is 8.18. The van der Waals surface area contributed by atoms with Gasteiger partial charge in [-0.05, 0) is 19.1 Å². The summed E-state index contributed by atoms with van der Waals surface area (Å²) in [7, 11) is 0. The molecule has 3 N–H and O–H groups in total. The fourth-order valence-electron chi connectivity index (χ4n) is 3.26. The van der Waals surface area contributed by atoms with Gasteiger partial charge < -0.3 is 20.4 Å². The van der Waals surface area contributed by atoms with Gasteiger partial charge >= 0.3 is 0 Å². The van der Waals surface area contributed by atoms with Crippen molar-refractivity contribution in [2.45, 2.75) is 19.4 Å². The van der Waals surface area contributed by atoms with Crippen molar-refractivity contribution in [1.82, 2.24) is 34.4 Å². The number of alkyl halides is 2. The highest BCUT2D eigenvalue weighted by Crippen LogP contribution is 2.18. The number of hydrogen-bond acceptors (Lipinski definition) is 9. The number of nitrogen functional groups attached to an aromatic ring is 1. The lowest BCUT2D eigenvalue weighted by Crippen LogP contribution is -2.53. The van der Waals surface area contributed by atoms with Gasteiger partial charge in [0.25, 0.3) is 12.2 Å². The van der Waals surface area contributed by atoms with Crippen LogP contribution in [-0.2, 0) is 4.79 Å². The Balaban J connectivity index is 1.42. The Morgan fingerprint density at radius 3 is 2.70 bits per heavy atom. The Morgan fingerprint density at radius 2 is 2.03 bits per heavy atom. The Bertz CT molecular complexity index is 1020. The van der Waals surface area contributed by atoms with Gasteiger partial charge in [-0.1, -0.05) is 0 Å². The smallest absolute Gasteiger partial charge is 0.259 e. The maximum atomic E-state index is 12.7. The molecule has 0 radical (unpaired) electrons. The maximum absolute atomic E-state index is 12.7. The second-order valence-corrected chi connectivity index (χ2v) is 6.91. The van der Waals surface area contributed by atoms with Crippen LogP contribution in [0.15, 0.2) is 22.8 Å². The molecule has 0 unspecified atom stereocenters. The van der Waals surface area contributed by atoms with Gasteiger partial charge in [0, 0.05) is 26.2 Å². The van der Waals surface area contributed by atoms with E-state index in [1.165, 1.54) is 10.8 Å². The standard InChI is InChI=1S/C17H21F2N9O2/c1-10(14(29)27-6-4-26(5-7-27)9-12(18)19)21-16-23-15(20)28-17(24-16)22-13(25-28)11-3-2-8-30-11/h2-3,8,10,12H,4-7,9H2,1H3,(H3,20,21,22,23,24,25)/t10-/m0/s1. The van der Waals surface area contributed by atoms with E-state index in [2.05, 4.69) is 25.4 Å². The van der Waals surface area contributed by atoms with Gasteiger partial charge in [0.05, 0.1) is 12.8 Å². The van der Waals surface area contributed by atoms with Gasteiger partial charge in [0.2, 0.25) is 23.6 Å². The fraction of sp³-hybridized carbons (Fsp3) is 0.471. The second-order valence-electron chi connectivity index (χ2n) is 6.91. The summed E-state index contributed by atoms with van der Waals surface area (Å²) in [6.07, 6.45) is -0.875. The maximum Gasteiger partial charge on any atom is 0.259 e. The average Bonchev–Trinajstić information content (AvgIpc) is 3.37. The van der Waals surface area contributed by atoms with E-state index in [4.69, 9.17) is 10.2 Å². The van der Waals surface area contributed by atoms with Gasteiger partial charge in [-0.15, -0.1) is 5.10 Å². The van der Waals surface area contributed by atoms with Crippen molar-refractivity contribution in [3.63, 3.8) is 0 Å². The summed E-state index contributed by atoms with van der Waals surface area (Å²) in [5.41, 5.74) is 5.95. The van der Waals surface area contributed by atoms with Crippen LogP contribution >= 0.6 is 0 Å². The molecule has 0 saturated carbocycles. The van der Waals surface area contributed by atoms with Crippen LogP contribution in [0.3, 0.4) is 0 Å². The van der Waals surface area contributed by atoms with E-state index in [1.54, 1.807) is 28.9 Å². The van der Waals surface area contributed by atoms with Crippen LogP contribution in [0.4, 0.5) is 20.7 Å². The number of aromatic nitrogens is 5. The van der Waals surface area contributed by atoms with Crippen LogP contribution in [0.5, 0.6) is 0 Å². The molecular formula is C17H21F2N9O2. The number of amides is 1. The normalized spacial score (nSPS) is 16.3. The highest BCUT2D eigenvalue weighted by atomic mass is 19.3. The number of furan rings is 1. The first kappa shape index (κ1) is 19.9. The summed E-state index contributed by atoms with van der Waals surface area (Å²) in [6.45, 7) is 2.99. The summed E-state index contributed by atoms with van der Waals surface area (Å²) < 4.78 is 31.5. The molecule has 30 heavy (non-hydrogen) atoms. The first-order valence-corrected chi connectivity index (χ1v) is 9.40. The summed E-state index contributed by atoms with van der Waals surface area (Å²) in [5.74, 6) is 0.986. The third-order valence-corrected chi connectivity index (χ3v) is 4.77. The predicted molar refractivity (Wildman–Crippen MR) is 103 cm³/mol.